The number of hydrogen-bond acceptors (Lipinski definition) is 8. The number of carbonyl (C=O) groups is 2. The number of piperazine rings is 1. The summed E-state index contributed by atoms with van der Waals surface area (Å²) in [5.74, 6) is 0.767. The van der Waals surface area contributed by atoms with E-state index in [1.165, 1.54) is 25.3 Å². The lowest BCUT2D eigenvalue weighted by atomic mass is 10.1. The highest BCUT2D eigenvalue weighted by Gasteiger charge is 2.26. The molecule has 36 heavy (non-hydrogen) atoms. The predicted molar refractivity (Wildman–Crippen MR) is 133 cm³/mol. The highest BCUT2D eigenvalue weighted by Crippen LogP contribution is 2.32. The van der Waals surface area contributed by atoms with Crippen LogP contribution in [-0.2, 0) is 4.79 Å². The zero-order chi connectivity index (χ0) is 25.7. The molecule has 186 valence electrons. The Morgan fingerprint density at radius 3 is 2.36 bits per heavy atom. The van der Waals surface area contributed by atoms with Gasteiger partial charge < -0.3 is 24.6 Å². The minimum Gasteiger partial charge on any atom is -0.497 e. The Labute approximate surface area is 207 Å². The topological polar surface area (TPSA) is 127 Å². The molecule has 0 unspecified atom stereocenters. The van der Waals surface area contributed by atoms with E-state index < -0.39 is 10.8 Å². The molecule has 3 aromatic rings. The standard InChI is InChI=1S/C25H25N5O6/c1-17(31)28-12-14-29(15-13-28)22-10-5-18(16-23(22)30(33)34)24(32)27-21-4-3-11-26-25(21)36-20-8-6-19(35-2)7-9-20/h3-11,16H,12-15H2,1-2H3,(H,27,32). The SMILES string of the molecule is COc1ccc(Oc2ncccc2NC(=O)c2ccc(N3CCN(C(C)=O)CC3)c([N+](=O)[O-])c2)cc1. The predicted octanol–water partition coefficient (Wildman–Crippen LogP) is 3.71. The van der Waals surface area contributed by atoms with Gasteiger partial charge in [0.15, 0.2) is 0 Å². The lowest BCUT2D eigenvalue weighted by Gasteiger charge is -2.35. The monoisotopic (exact) mass is 491 g/mol. The van der Waals surface area contributed by atoms with Crippen LogP contribution in [0.2, 0.25) is 0 Å². The highest BCUT2D eigenvalue weighted by atomic mass is 16.6. The second kappa shape index (κ2) is 10.7. The largest absolute Gasteiger partial charge is 0.497 e. The van der Waals surface area contributed by atoms with Crippen molar-refractivity contribution in [1.82, 2.24) is 9.88 Å². The lowest BCUT2D eigenvalue weighted by Crippen LogP contribution is -2.48. The van der Waals surface area contributed by atoms with Crippen LogP contribution in [0.15, 0.2) is 60.8 Å². The van der Waals surface area contributed by atoms with Crippen LogP contribution in [0.25, 0.3) is 0 Å². The summed E-state index contributed by atoms with van der Waals surface area (Å²) in [7, 11) is 1.56. The second-order valence-corrected chi connectivity index (χ2v) is 8.04. The number of nitrogens with zero attached hydrogens (tertiary/aromatic N) is 4. The van der Waals surface area contributed by atoms with Crippen LogP contribution in [0.3, 0.4) is 0 Å². The van der Waals surface area contributed by atoms with Crippen molar-refractivity contribution >= 4 is 28.9 Å². The molecule has 1 N–H and O–H groups in total. The maximum Gasteiger partial charge on any atom is 0.293 e. The zero-order valence-electron chi connectivity index (χ0n) is 19.8. The van der Waals surface area contributed by atoms with E-state index in [1.54, 1.807) is 54.5 Å². The number of anilines is 2. The molecule has 2 amide bonds. The van der Waals surface area contributed by atoms with Crippen LogP contribution < -0.4 is 19.7 Å². The number of pyridine rings is 1. The molecular weight excluding hydrogens is 466 g/mol. The third-order valence-electron chi connectivity index (χ3n) is 5.79. The Kier molecular flexibility index (Phi) is 7.28. The van der Waals surface area contributed by atoms with E-state index in [2.05, 4.69) is 10.3 Å². The molecule has 0 radical (unpaired) electrons. The minimum absolute atomic E-state index is 0.0260. The Morgan fingerprint density at radius 1 is 1.03 bits per heavy atom. The first-order valence-electron chi connectivity index (χ1n) is 11.2. The number of aromatic nitrogens is 1. The Hall–Kier alpha value is -4.67. The van der Waals surface area contributed by atoms with Crippen molar-refractivity contribution < 1.29 is 24.0 Å². The fourth-order valence-electron chi connectivity index (χ4n) is 3.86. The molecule has 2 heterocycles. The summed E-state index contributed by atoms with van der Waals surface area (Å²) in [6.07, 6.45) is 1.53. The summed E-state index contributed by atoms with van der Waals surface area (Å²) in [5, 5.41) is 14.5. The number of amides is 2. The highest BCUT2D eigenvalue weighted by molar-refractivity contribution is 6.05. The van der Waals surface area contributed by atoms with Crippen molar-refractivity contribution in [3.63, 3.8) is 0 Å². The fourth-order valence-corrected chi connectivity index (χ4v) is 3.86. The van der Waals surface area contributed by atoms with Gasteiger partial charge in [-0.25, -0.2) is 4.98 Å². The number of benzene rings is 2. The van der Waals surface area contributed by atoms with Gasteiger partial charge in [0, 0.05) is 50.9 Å². The van der Waals surface area contributed by atoms with Crippen molar-refractivity contribution in [2.75, 3.05) is 43.5 Å². The number of ether oxygens (including phenoxy) is 2. The molecule has 0 aliphatic carbocycles. The first kappa shape index (κ1) is 24.5. The van der Waals surface area contributed by atoms with Gasteiger partial charge in [-0.2, -0.15) is 0 Å². The number of carbonyl (C=O) groups excluding carboxylic acids is 2. The van der Waals surface area contributed by atoms with Gasteiger partial charge in [0.2, 0.25) is 11.8 Å². The number of nitro benzene ring substituents is 1. The van der Waals surface area contributed by atoms with Crippen LogP contribution in [0, 0.1) is 10.1 Å². The van der Waals surface area contributed by atoms with Gasteiger partial charge in [-0.05, 0) is 48.5 Å². The number of rotatable bonds is 7. The lowest BCUT2D eigenvalue weighted by molar-refractivity contribution is -0.384. The first-order valence-corrected chi connectivity index (χ1v) is 11.2. The summed E-state index contributed by atoms with van der Waals surface area (Å²) < 4.78 is 10.9. The van der Waals surface area contributed by atoms with Crippen molar-refractivity contribution in [2.45, 2.75) is 6.92 Å². The van der Waals surface area contributed by atoms with Gasteiger partial charge in [0.25, 0.3) is 11.6 Å². The molecule has 1 aliphatic rings. The Morgan fingerprint density at radius 2 is 1.72 bits per heavy atom. The van der Waals surface area contributed by atoms with Crippen molar-refractivity contribution in [3.05, 3.63) is 76.5 Å². The third kappa shape index (κ3) is 5.52. The first-order chi connectivity index (χ1) is 17.4. The van der Waals surface area contributed by atoms with Crippen molar-refractivity contribution in [3.8, 4) is 17.4 Å². The number of nitrogens with one attached hydrogen (secondary N) is 1. The second-order valence-electron chi connectivity index (χ2n) is 8.04. The maximum atomic E-state index is 13.0. The van der Waals surface area contributed by atoms with Gasteiger partial charge in [0.1, 0.15) is 22.9 Å². The number of methoxy groups -OCH3 is 1. The zero-order valence-corrected chi connectivity index (χ0v) is 19.8. The van der Waals surface area contributed by atoms with Crippen molar-refractivity contribution in [1.29, 1.82) is 0 Å². The maximum absolute atomic E-state index is 13.0. The molecule has 1 saturated heterocycles. The quantitative estimate of drug-likeness (QED) is 0.391. The van der Waals surface area contributed by atoms with Gasteiger partial charge >= 0.3 is 0 Å². The molecule has 0 bridgehead atoms. The summed E-state index contributed by atoms with van der Waals surface area (Å²) in [6.45, 7) is 3.39. The van der Waals surface area contributed by atoms with Gasteiger partial charge in [-0.15, -0.1) is 0 Å². The average molecular weight is 492 g/mol. The Balaban J connectivity index is 1.51. The van der Waals surface area contributed by atoms with E-state index in [1.807, 2.05) is 4.90 Å². The molecule has 0 saturated carbocycles. The summed E-state index contributed by atoms with van der Waals surface area (Å²) in [5.41, 5.74) is 0.655. The molecule has 2 aromatic carbocycles. The number of nitro groups is 1. The van der Waals surface area contributed by atoms with E-state index in [9.17, 15) is 19.7 Å². The minimum atomic E-state index is -0.543. The van der Waals surface area contributed by atoms with E-state index in [-0.39, 0.29) is 23.0 Å². The summed E-state index contributed by atoms with van der Waals surface area (Å²) in [6, 6.07) is 14.5. The van der Waals surface area contributed by atoms with Crippen LogP contribution in [0.1, 0.15) is 17.3 Å². The van der Waals surface area contributed by atoms with E-state index in [0.717, 1.165) is 0 Å². The smallest absolute Gasteiger partial charge is 0.293 e. The van der Waals surface area contributed by atoms with E-state index in [4.69, 9.17) is 9.47 Å². The van der Waals surface area contributed by atoms with Gasteiger partial charge in [-0.3, -0.25) is 19.7 Å². The Bertz CT molecular complexity index is 1270. The molecule has 0 atom stereocenters. The molecule has 1 fully saturated rings. The van der Waals surface area contributed by atoms with Gasteiger partial charge in [-0.1, -0.05) is 0 Å². The molecule has 1 aliphatic heterocycles. The molecule has 1 aromatic heterocycles. The molecule has 4 rings (SSSR count). The molecule has 0 spiro atoms. The molecular formula is C25H25N5O6. The average Bonchev–Trinajstić information content (AvgIpc) is 2.90. The molecule has 11 heteroatoms. The van der Waals surface area contributed by atoms with Crippen LogP contribution in [0.4, 0.5) is 17.1 Å². The van der Waals surface area contributed by atoms with Crippen LogP contribution >= 0.6 is 0 Å². The van der Waals surface area contributed by atoms with E-state index >= 15 is 0 Å². The third-order valence-corrected chi connectivity index (χ3v) is 5.79. The van der Waals surface area contributed by atoms with Crippen molar-refractivity contribution in [2.24, 2.45) is 0 Å². The normalized spacial score (nSPS) is 13.2. The molecule has 11 nitrogen and oxygen atoms in total. The van der Waals surface area contributed by atoms with Gasteiger partial charge in [0.05, 0.1) is 12.0 Å². The summed E-state index contributed by atoms with van der Waals surface area (Å²) in [4.78, 5) is 43.6. The fraction of sp³-hybridized carbons (Fsp3) is 0.240. The van der Waals surface area contributed by atoms with Crippen LogP contribution in [-0.4, -0.2) is 59.9 Å². The van der Waals surface area contributed by atoms with E-state index in [0.29, 0.717) is 49.1 Å². The summed E-state index contributed by atoms with van der Waals surface area (Å²) >= 11 is 0. The van der Waals surface area contributed by atoms with Crippen LogP contribution in [0.5, 0.6) is 17.4 Å². The number of hydrogen-bond donors (Lipinski definition) is 1.